The highest BCUT2D eigenvalue weighted by Crippen LogP contribution is 2.25. The minimum atomic E-state index is -0.436. The second-order valence-electron chi connectivity index (χ2n) is 6.26. The predicted octanol–water partition coefficient (Wildman–Crippen LogP) is 3.15. The zero-order valence-electron chi connectivity index (χ0n) is 12.6. The summed E-state index contributed by atoms with van der Waals surface area (Å²) in [4.78, 5) is 12.0. The van der Waals surface area contributed by atoms with Gasteiger partial charge in [-0.05, 0) is 23.6 Å². The largest absolute Gasteiger partial charge is 0.392 e. The lowest BCUT2D eigenvalue weighted by atomic mass is 9.80. The number of aliphatic hydroxyl groups excluding tert-OH is 1. The first kappa shape index (κ1) is 17.2. The van der Waals surface area contributed by atoms with Gasteiger partial charge < -0.3 is 10.4 Å². The lowest BCUT2D eigenvalue weighted by Gasteiger charge is -2.33. The Morgan fingerprint density at radius 2 is 2.05 bits per heavy atom. The molecule has 0 spiro atoms. The van der Waals surface area contributed by atoms with Crippen LogP contribution < -0.4 is 5.32 Å². The van der Waals surface area contributed by atoms with Gasteiger partial charge in [0.2, 0.25) is 5.91 Å². The number of hydrogen-bond donors (Lipinski definition) is 2. The Morgan fingerprint density at radius 1 is 1.40 bits per heavy atom. The first-order valence-corrected chi connectivity index (χ1v) is 7.71. The Morgan fingerprint density at radius 3 is 2.60 bits per heavy atom. The first-order chi connectivity index (χ1) is 9.22. The van der Waals surface area contributed by atoms with Crippen molar-refractivity contribution in [2.24, 2.45) is 11.3 Å². The summed E-state index contributed by atoms with van der Waals surface area (Å²) in [5, 5.41) is 13.0. The van der Waals surface area contributed by atoms with Gasteiger partial charge in [-0.3, -0.25) is 4.79 Å². The van der Waals surface area contributed by atoms with Gasteiger partial charge in [0.1, 0.15) is 0 Å². The Labute approximate surface area is 129 Å². The van der Waals surface area contributed by atoms with Crippen LogP contribution >= 0.6 is 15.9 Å². The monoisotopic (exact) mass is 341 g/mol. The average molecular weight is 342 g/mol. The van der Waals surface area contributed by atoms with Crippen LogP contribution in [0.15, 0.2) is 28.7 Å². The fraction of sp³-hybridized carbons (Fsp3) is 0.562. The molecule has 0 saturated heterocycles. The topological polar surface area (TPSA) is 49.3 Å². The molecule has 20 heavy (non-hydrogen) atoms. The van der Waals surface area contributed by atoms with E-state index < -0.39 is 6.10 Å². The van der Waals surface area contributed by atoms with Gasteiger partial charge in [-0.15, -0.1) is 0 Å². The van der Waals surface area contributed by atoms with E-state index in [1.807, 2.05) is 52.0 Å². The Kier molecular flexibility index (Phi) is 6.21. The summed E-state index contributed by atoms with van der Waals surface area (Å²) in [7, 11) is 0. The molecule has 3 nitrogen and oxygen atoms in total. The third kappa shape index (κ3) is 5.25. The minimum absolute atomic E-state index is 0.0212. The molecule has 0 radical (unpaired) electrons. The number of halogens is 1. The van der Waals surface area contributed by atoms with E-state index >= 15 is 0 Å². The fourth-order valence-corrected chi connectivity index (χ4v) is 2.67. The zero-order chi connectivity index (χ0) is 15.3. The average Bonchev–Trinajstić information content (AvgIpc) is 2.35. The molecule has 0 aromatic heterocycles. The van der Waals surface area contributed by atoms with E-state index in [1.165, 1.54) is 0 Å². The van der Waals surface area contributed by atoms with E-state index in [0.717, 1.165) is 10.0 Å². The smallest absolute Gasteiger partial charge is 0.224 e. The molecule has 0 saturated carbocycles. The molecular weight excluding hydrogens is 318 g/mol. The molecule has 1 amide bonds. The van der Waals surface area contributed by atoms with Crippen molar-refractivity contribution in [3.8, 4) is 0 Å². The number of amides is 1. The number of carbonyl (C=O) groups excluding carboxylic acids is 1. The van der Waals surface area contributed by atoms with Crippen LogP contribution in [0.2, 0.25) is 0 Å². The maximum Gasteiger partial charge on any atom is 0.224 e. The summed E-state index contributed by atoms with van der Waals surface area (Å²) in [5.41, 5.74) is 0.639. The van der Waals surface area contributed by atoms with E-state index in [0.29, 0.717) is 13.0 Å². The number of nitrogens with one attached hydrogen (secondary N) is 1. The van der Waals surface area contributed by atoms with E-state index in [9.17, 15) is 9.90 Å². The van der Waals surface area contributed by atoms with Crippen molar-refractivity contribution >= 4 is 21.8 Å². The first-order valence-electron chi connectivity index (χ1n) is 6.91. The summed E-state index contributed by atoms with van der Waals surface area (Å²) < 4.78 is 0.971. The lowest BCUT2D eigenvalue weighted by Crippen LogP contribution is -2.43. The Bertz CT molecular complexity index is 458. The van der Waals surface area contributed by atoms with Crippen LogP contribution in [0.25, 0.3) is 0 Å². The maximum atomic E-state index is 12.0. The summed E-state index contributed by atoms with van der Waals surface area (Å²) in [5.74, 6) is 0.152. The van der Waals surface area contributed by atoms with Crippen molar-refractivity contribution in [3.05, 3.63) is 34.3 Å². The highest BCUT2D eigenvalue weighted by molar-refractivity contribution is 9.10. The number of aliphatic hydroxyl groups is 1. The highest BCUT2D eigenvalue weighted by atomic mass is 79.9. The molecule has 0 aliphatic carbocycles. The van der Waals surface area contributed by atoms with E-state index in [-0.39, 0.29) is 17.2 Å². The molecule has 0 aliphatic rings. The second kappa shape index (κ2) is 7.23. The van der Waals surface area contributed by atoms with Gasteiger partial charge in [0.25, 0.3) is 0 Å². The number of rotatable bonds is 6. The van der Waals surface area contributed by atoms with E-state index in [2.05, 4.69) is 21.2 Å². The predicted molar refractivity (Wildman–Crippen MR) is 85.5 cm³/mol. The van der Waals surface area contributed by atoms with Crippen LogP contribution in [-0.4, -0.2) is 23.7 Å². The molecule has 1 aromatic carbocycles. The van der Waals surface area contributed by atoms with Gasteiger partial charge in [-0.25, -0.2) is 0 Å². The van der Waals surface area contributed by atoms with Crippen LogP contribution in [0.3, 0.4) is 0 Å². The molecule has 4 heteroatoms. The molecule has 112 valence electrons. The summed E-state index contributed by atoms with van der Waals surface area (Å²) >= 11 is 3.39. The van der Waals surface area contributed by atoms with Crippen molar-refractivity contribution in [1.29, 1.82) is 0 Å². The molecule has 2 N–H and O–H groups in total. The third-order valence-corrected chi connectivity index (χ3v) is 3.92. The lowest BCUT2D eigenvalue weighted by molar-refractivity contribution is -0.121. The van der Waals surface area contributed by atoms with Gasteiger partial charge in [0.15, 0.2) is 0 Å². The van der Waals surface area contributed by atoms with Gasteiger partial charge in [0, 0.05) is 16.4 Å². The quantitative estimate of drug-likeness (QED) is 0.834. The summed E-state index contributed by atoms with van der Waals surface area (Å²) in [6.07, 6.45) is -0.0820. The zero-order valence-corrected chi connectivity index (χ0v) is 14.2. The normalized spacial score (nSPS) is 13.3. The Balaban J connectivity index is 2.51. The van der Waals surface area contributed by atoms with Crippen LogP contribution in [0, 0.1) is 11.3 Å². The molecule has 1 atom stereocenters. The number of hydrogen-bond acceptors (Lipinski definition) is 2. The van der Waals surface area contributed by atoms with Crippen molar-refractivity contribution in [1.82, 2.24) is 5.32 Å². The molecule has 1 unspecified atom stereocenters. The Hall–Kier alpha value is -0.870. The van der Waals surface area contributed by atoms with Crippen molar-refractivity contribution in [2.45, 2.75) is 40.2 Å². The van der Waals surface area contributed by atoms with Crippen LogP contribution in [0.5, 0.6) is 0 Å². The number of benzene rings is 1. The minimum Gasteiger partial charge on any atom is -0.392 e. The molecule has 1 aromatic rings. The van der Waals surface area contributed by atoms with Crippen molar-refractivity contribution in [3.63, 3.8) is 0 Å². The summed E-state index contributed by atoms with van der Waals surface area (Å²) in [6.45, 7) is 8.37. The van der Waals surface area contributed by atoms with Crippen LogP contribution in [0.1, 0.15) is 33.3 Å². The third-order valence-electron chi connectivity index (χ3n) is 3.43. The molecule has 0 heterocycles. The standard InChI is InChI=1S/C16H24BrNO2/c1-11(2)15(20)16(3,4)10-18-14(19)9-12-6-5-7-13(17)8-12/h5-8,11,15,20H,9-10H2,1-4H3,(H,18,19). The van der Waals surface area contributed by atoms with Crippen molar-refractivity contribution in [2.75, 3.05) is 6.54 Å². The second-order valence-corrected chi connectivity index (χ2v) is 7.18. The summed E-state index contributed by atoms with van der Waals surface area (Å²) in [6, 6.07) is 7.72. The van der Waals surface area contributed by atoms with Gasteiger partial charge in [-0.2, -0.15) is 0 Å². The molecule has 0 bridgehead atoms. The van der Waals surface area contributed by atoms with Crippen molar-refractivity contribution < 1.29 is 9.90 Å². The van der Waals surface area contributed by atoms with E-state index in [1.54, 1.807) is 0 Å². The number of carbonyl (C=O) groups is 1. The SMILES string of the molecule is CC(C)C(O)C(C)(C)CNC(=O)Cc1cccc(Br)c1. The van der Waals surface area contributed by atoms with Crippen LogP contribution in [-0.2, 0) is 11.2 Å². The molecule has 1 rings (SSSR count). The highest BCUT2D eigenvalue weighted by Gasteiger charge is 2.30. The van der Waals surface area contributed by atoms with Gasteiger partial charge >= 0.3 is 0 Å². The fourth-order valence-electron chi connectivity index (χ4n) is 2.23. The van der Waals surface area contributed by atoms with E-state index in [4.69, 9.17) is 0 Å². The van der Waals surface area contributed by atoms with Gasteiger partial charge in [-0.1, -0.05) is 55.8 Å². The molecule has 0 aliphatic heterocycles. The molecule has 0 fully saturated rings. The van der Waals surface area contributed by atoms with Crippen LogP contribution in [0.4, 0.5) is 0 Å². The maximum absolute atomic E-state index is 12.0. The van der Waals surface area contributed by atoms with Gasteiger partial charge in [0.05, 0.1) is 12.5 Å². The molecular formula is C16H24BrNO2.